The summed E-state index contributed by atoms with van der Waals surface area (Å²) in [6, 6.07) is 12.0. The second kappa shape index (κ2) is 7.49. The zero-order valence-electron chi connectivity index (χ0n) is 15.0. The summed E-state index contributed by atoms with van der Waals surface area (Å²) in [7, 11) is 0. The maximum atomic E-state index is 12.9. The van der Waals surface area contributed by atoms with Gasteiger partial charge in [0.2, 0.25) is 0 Å². The van der Waals surface area contributed by atoms with Crippen LogP contribution < -0.4 is 15.2 Å². The number of benzene rings is 2. The molecule has 8 nitrogen and oxygen atoms in total. The van der Waals surface area contributed by atoms with Crippen molar-refractivity contribution >= 4 is 12.0 Å². The number of imide groups is 1. The molecule has 146 valence electrons. The highest BCUT2D eigenvalue weighted by Crippen LogP contribution is 2.34. The predicted octanol–water partition coefficient (Wildman–Crippen LogP) is 1.54. The molecule has 2 amide bonds. The molecule has 1 fully saturated rings. The second-order valence-corrected chi connectivity index (χ2v) is 6.59. The Balaban J connectivity index is 1.55. The summed E-state index contributed by atoms with van der Waals surface area (Å²) < 4.78 is 16.0. The van der Waals surface area contributed by atoms with E-state index in [0.717, 1.165) is 10.5 Å². The fourth-order valence-corrected chi connectivity index (χ4v) is 3.33. The van der Waals surface area contributed by atoms with Crippen LogP contribution in [-0.2, 0) is 9.53 Å². The lowest BCUT2D eigenvalue weighted by Gasteiger charge is -2.26. The largest absolute Gasteiger partial charge is 0.486 e. The van der Waals surface area contributed by atoms with Crippen LogP contribution in [0.3, 0.4) is 0 Å². The molecule has 2 aliphatic rings. The minimum Gasteiger partial charge on any atom is -0.486 e. The van der Waals surface area contributed by atoms with Gasteiger partial charge in [0, 0.05) is 0 Å². The van der Waals surface area contributed by atoms with Gasteiger partial charge in [-0.2, -0.15) is 0 Å². The molecule has 2 aromatic rings. The van der Waals surface area contributed by atoms with Crippen LogP contribution in [0.5, 0.6) is 11.5 Å². The van der Waals surface area contributed by atoms with Crippen molar-refractivity contribution in [3.63, 3.8) is 0 Å². The number of nitrogens with zero attached hydrogens (tertiary/aromatic N) is 1. The number of rotatable bonds is 4. The summed E-state index contributed by atoms with van der Waals surface area (Å²) >= 11 is 0. The lowest BCUT2D eigenvalue weighted by atomic mass is 9.99. The maximum Gasteiger partial charge on any atom is 0.417 e. The van der Waals surface area contributed by atoms with E-state index < -0.39 is 30.2 Å². The number of fused-ring (bicyclic) bond motifs is 1. The van der Waals surface area contributed by atoms with Gasteiger partial charge >= 0.3 is 6.09 Å². The average molecular weight is 384 g/mol. The molecule has 0 saturated carbocycles. The Hall–Kier alpha value is -3.10. The van der Waals surface area contributed by atoms with Crippen LogP contribution in [0.2, 0.25) is 0 Å². The third kappa shape index (κ3) is 3.28. The summed E-state index contributed by atoms with van der Waals surface area (Å²) in [5, 5.41) is 10.6. The Morgan fingerprint density at radius 1 is 1.07 bits per heavy atom. The van der Waals surface area contributed by atoms with Crippen molar-refractivity contribution in [2.75, 3.05) is 19.8 Å². The van der Waals surface area contributed by atoms with E-state index >= 15 is 0 Å². The third-order valence-corrected chi connectivity index (χ3v) is 4.83. The van der Waals surface area contributed by atoms with Gasteiger partial charge in [0.1, 0.15) is 38.0 Å². The molecule has 3 N–H and O–H groups in total. The van der Waals surface area contributed by atoms with Gasteiger partial charge in [0.25, 0.3) is 5.91 Å². The lowest BCUT2D eigenvalue weighted by Crippen LogP contribution is -2.48. The van der Waals surface area contributed by atoms with Gasteiger partial charge in [-0.3, -0.25) is 4.79 Å². The molecule has 1 saturated heterocycles. The van der Waals surface area contributed by atoms with Crippen LogP contribution in [-0.4, -0.2) is 47.9 Å². The van der Waals surface area contributed by atoms with Crippen molar-refractivity contribution in [2.24, 2.45) is 5.73 Å². The van der Waals surface area contributed by atoms with Crippen molar-refractivity contribution in [1.82, 2.24) is 4.90 Å². The van der Waals surface area contributed by atoms with E-state index in [1.54, 1.807) is 30.3 Å². The number of aliphatic hydroxyl groups is 1. The Labute approximate surface area is 161 Å². The van der Waals surface area contributed by atoms with Crippen molar-refractivity contribution in [1.29, 1.82) is 0 Å². The highest BCUT2D eigenvalue weighted by molar-refractivity contribution is 5.96. The van der Waals surface area contributed by atoms with Gasteiger partial charge in [0.05, 0.1) is 0 Å². The third-order valence-electron chi connectivity index (χ3n) is 4.83. The normalized spacial score (nSPS) is 20.4. The first-order valence-electron chi connectivity index (χ1n) is 8.94. The molecule has 2 aromatic carbocycles. The molecule has 0 spiro atoms. The monoisotopic (exact) mass is 384 g/mol. The molecule has 3 atom stereocenters. The molecule has 0 bridgehead atoms. The summed E-state index contributed by atoms with van der Waals surface area (Å²) in [6.07, 6.45) is -2.10. The molecule has 4 rings (SSSR count). The van der Waals surface area contributed by atoms with Crippen molar-refractivity contribution in [3.8, 4) is 11.5 Å². The Morgan fingerprint density at radius 3 is 2.54 bits per heavy atom. The van der Waals surface area contributed by atoms with E-state index in [0.29, 0.717) is 30.3 Å². The van der Waals surface area contributed by atoms with E-state index in [-0.39, 0.29) is 6.61 Å². The topological polar surface area (TPSA) is 111 Å². The van der Waals surface area contributed by atoms with Gasteiger partial charge in [-0.15, -0.1) is 0 Å². The summed E-state index contributed by atoms with van der Waals surface area (Å²) in [6.45, 7) is 0.891. The Kier molecular flexibility index (Phi) is 4.89. The zero-order valence-corrected chi connectivity index (χ0v) is 15.0. The van der Waals surface area contributed by atoms with Crippen LogP contribution in [0.1, 0.15) is 23.3 Å². The zero-order chi connectivity index (χ0) is 19.7. The van der Waals surface area contributed by atoms with Gasteiger partial charge in [-0.25, -0.2) is 9.69 Å². The van der Waals surface area contributed by atoms with Gasteiger partial charge in [-0.05, 0) is 23.3 Å². The molecule has 0 aromatic heterocycles. The van der Waals surface area contributed by atoms with E-state index in [1.807, 2.05) is 18.2 Å². The van der Waals surface area contributed by atoms with Gasteiger partial charge in [-0.1, -0.05) is 36.4 Å². The number of carbonyl (C=O) groups excluding carboxylic acids is 2. The van der Waals surface area contributed by atoms with Gasteiger partial charge in [0.15, 0.2) is 11.5 Å². The smallest absolute Gasteiger partial charge is 0.417 e. The molecule has 0 unspecified atom stereocenters. The fourth-order valence-electron chi connectivity index (χ4n) is 3.33. The summed E-state index contributed by atoms with van der Waals surface area (Å²) in [5.74, 6) is 0.332. The van der Waals surface area contributed by atoms with Crippen molar-refractivity contribution in [2.45, 2.75) is 18.2 Å². The molecule has 0 aliphatic carbocycles. The average Bonchev–Trinajstić information content (AvgIpc) is 3.13. The highest BCUT2D eigenvalue weighted by atomic mass is 16.6. The molecule has 0 radical (unpaired) electrons. The van der Waals surface area contributed by atoms with Crippen LogP contribution in [0.15, 0.2) is 48.5 Å². The number of aliphatic hydroxyl groups excluding tert-OH is 1. The van der Waals surface area contributed by atoms with E-state index in [2.05, 4.69) is 0 Å². The van der Waals surface area contributed by atoms with Crippen molar-refractivity contribution < 1.29 is 28.9 Å². The Bertz CT molecular complexity index is 888. The maximum absolute atomic E-state index is 12.9. The molecule has 2 aliphatic heterocycles. The van der Waals surface area contributed by atoms with E-state index in [4.69, 9.17) is 19.9 Å². The highest BCUT2D eigenvalue weighted by Gasteiger charge is 2.42. The quantitative estimate of drug-likeness (QED) is 0.822. The SMILES string of the molecule is N[C@H](C(=O)N1C(=O)OC[C@@H]1c1ccccc1)[C@H](O)c1ccc2c(c1)OCCO2. The van der Waals surface area contributed by atoms with Crippen LogP contribution in [0, 0.1) is 0 Å². The van der Waals surface area contributed by atoms with Crippen molar-refractivity contribution in [3.05, 3.63) is 59.7 Å². The lowest BCUT2D eigenvalue weighted by molar-refractivity contribution is -0.133. The van der Waals surface area contributed by atoms with E-state index in [1.165, 1.54) is 0 Å². The summed E-state index contributed by atoms with van der Waals surface area (Å²) in [4.78, 5) is 26.1. The molecule has 28 heavy (non-hydrogen) atoms. The number of ether oxygens (including phenoxy) is 3. The predicted molar refractivity (Wildman–Crippen MR) is 97.7 cm³/mol. The minimum atomic E-state index is -1.35. The first-order chi connectivity index (χ1) is 13.6. The fraction of sp³-hybridized carbons (Fsp3) is 0.300. The standard InChI is InChI=1S/C20H20N2O6/c21-17(18(23)13-6-7-15-16(10-13)27-9-8-26-15)19(24)22-14(11-28-20(22)25)12-4-2-1-3-5-12/h1-7,10,14,17-18,23H,8-9,11,21H2/t14-,17+,18-/m1/s1. The van der Waals surface area contributed by atoms with Crippen LogP contribution >= 0.6 is 0 Å². The number of hydrogen-bond donors (Lipinski definition) is 2. The number of amides is 2. The molecule has 8 heteroatoms. The first kappa shape index (κ1) is 18.3. The van der Waals surface area contributed by atoms with Crippen LogP contribution in [0.25, 0.3) is 0 Å². The Morgan fingerprint density at radius 2 is 1.79 bits per heavy atom. The molecular weight excluding hydrogens is 364 g/mol. The second-order valence-electron chi connectivity index (χ2n) is 6.59. The molecular formula is C20H20N2O6. The number of carbonyl (C=O) groups is 2. The molecule has 2 heterocycles. The summed E-state index contributed by atoms with van der Waals surface area (Å²) in [5.41, 5.74) is 7.18. The number of hydrogen-bond acceptors (Lipinski definition) is 7. The minimum absolute atomic E-state index is 0.0431. The first-order valence-corrected chi connectivity index (χ1v) is 8.94. The number of cyclic esters (lactones) is 1. The number of nitrogens with two attached hydrogens (primary N) is 1. The van der Waals surface area contributed by atoms with E-state index in [9.17, 15) is 14.7 Å². The van der Waals surface area contributed by atoms with Gasteiger partial charge < -0.3 is 25.1 Å². The van der Waals surface area contributed by atoms with Crippen LogP contribution in [0.4, 0.5) is 4.79 Å².